The van der Waals surface area contributed by atoms with E-state index in [1.165, 1.54) is 19.1 Å². The number of hydrogen-bond donors (Lipinski definition) is 3. The minimum Gasteiger partial charge on any atom is -0.462 e. The van der Waals surface area contributed by atoms with Crippen LogP contribution in [0.3, 0.4) is 0 Å². The van der Waals surface area contributed by atoms with Crippen LogP contribution in [0.2, 0.25) is 0 Å². The normalized spacial score (nSPS) is 23.3. The van der Waals surface area contributed by atoms with Gasteiger partial charge in [-0.1, -0.05) is 23.3 Å². The fourth-order valence-electron chi connectivity index (χ4n) is 3.44. The van der Waals surface area contributed by atoms with Crippen LogP contribution in [0.15, 0.2) is 51.2 Å². The number of hydrogen-bond acceptors (Lipinski definition) is 10. The lowest BCUT2D eigenvalue weighted by atomic mass is 10.1. The molecule has 1 aliphatic rings. The molecular weight excluding hydrogens is 530 g/mol. The maximum absolute atomic E-state index is 13.8. The fourth-order valence-corrected chi connectivity index (χ4v) is 4.94. The minimum atomic E-state index is -4.35. The molecule has 0 bridgehead atoms. The molecule has 15 nitrogen and oxygen atoms in total. The molecule has 2 heterocycles. The summed E-state index contributed by atoms with van der Waals surface area (Å²) in [5, 5.41) is 16.6. The molecule has 0 radical (unpaired) electrons. The smallest absolute Gasteiger partial charge is 0.459 e. The van der Waals surface area contributed by atoms with Crippen LogP contribution in [-0.4, -0.2) is 57.6 Å². The van der Waals surface area contributed by atoms with E-state index < -0.39 is 74.0 Å². The van der Waals surface area contributed by atoms with E-state index in [0.717, 1.165) is 0 Å². The van der Waals surface area contributed by atoms with E-state index in [1.807, 2.05) is 0 Å². The third kappa shape index (κ3) is 7.07. The number of nitrogens with zero attached hydrogens (tertiary/aromatic N) is 4. The van der Waals surface area contributed by atoms with E-state index in [4.69, 9.17) is 24.1 Å². The highest BCUT2D eigenvalue weighted by atomic mass is 31.2. The maximum Gasteiger partial charge on any atom is 0.459 e. The zero-order chi connectivity index (χ0) is 28.0. The van der Waals surface area contributed by atoms with Crippen LogP contribution in [-0.2, 0) is 23.4 Å². The first-order valence-electron chi connectivity index (χ1n) is 11.3. The molecule has 1 unspecified atom stereocenters. The van der Waals surface area contributed by atoms with Crippen LogP contribution in [0.25, 0.3) is 10.4 Å². The van der Waals surface area contributed by atoms with E-state index in [0.29, 0.717) is 10.8 Å². The van der Waals surface area contributed by atoms with Gasteiger partial charge in [0.15, 0.2) is 0 Å². The predicted octanol–water partition coefficient (Wildman–Crippen LogP) is 1.75. The zero-order valence-electron chi connectivity index (χ0n) is 20.5. The molecule has 3 N–H and O–H groups in total. The molecular formula is C21H26FN6O9P. The van der Waals surface area contributed by atoms with Crippen molar-refractivity contribution in [1.82, 2.24) is 14.6 Å². The highest BCUT2D eigenvalue weighted by Crippen LogP contribution is 2.46. The molecule has 17 heteroatoms. The molecule has 6 atom stereocenters. The number of azide groups is 1. The van der Waals surface area contributed by atoms with Gasteiger partial charge in [0.2, 0.25) is 5.82 Å². The molecule has 1 aliphatic heterocycles. The van der Waals surface area contributed by atoms with Gasteiger partial charge >= 0.3 is 19.4 Å². The van der Waals surface area contributed by atoms with Crippen LogP contribution in [0.5, 0.6) is 5.75 Å². The molecule has 3 rings (SSSR count). The third-order valence-corrected chi connectivity index (χ3v) is 6.80. The Kier molecular flexibility index (Phi) is 9.44. The number of benzene rings is 1. The summed E-state index contributed by atoms with van der Waals surface area (Å²) in [7, 11) is -4.35. The SMILES string of the molecule is CC(C)OC(=O)[C@@H](C)NP(=O)(OC[C@H]1O[C@@H](n2cc(F)c(=O)[nH]c2=O)[C@H](N=[N+]=[N-])[C@@H]1O)Oc1ccccc1. The van der Waals surface area contributed by atoms with Crippen molar-refractivity contribution in [2.75, 3.05) is 6.61 Å². The predicted molar refractivity (Wildman–Crippen MR) is 129 cm³/mol. The molecule has 206 valence electrons. The van der Waals surface area contributed by atoms with Gasteiger partial charge in [-0.2, -0.15) is 9.48 Å². The first kappa shape index (κ1) is 29.0. The lowest BCUT2D eigenvalue weighted by molar-refractivity contribution is -0.149. The standard InChI is InChI=1S/C21H26FN6O9P/c1-11(2)35-20(31)12(3)26-38(33,37-13-7-5-4-6-8-13)34-10-15-17(29)16(25-27-23)19(36-15)28-9-14(22)18(30)24-21(28)32/h4-9,11-12,15-17,19,29H,10H2,1-3H3,(H,26,33)(H,24,30,32)/t12-,15-,16-,17-,19-,38?/m1/s1. The average molecular weight is 556 g/mol. The highest BCUT2D eigenvalue weighted by molar-refractivity contribution is 7.52. The second-order valence-electron chi connectivity index (χ2n) is 8.43. The van der Waals surface area contributed by atoms with E-state index in [9.17, 15) is 28.4 Å². The van der Waals surface area contributed by atoms with Crippen molar-refractivity contribution >= 4 is 13.7 Å². The number of nitrogens with one attached hydrogen (secondary N) is 2. The van der Waals surface area contributed by atoms with Gasteiger partial charge in [0.1, 0.15) is 30.2 Å². The summed E-state index contributed by atoms with van der Waals surface area (Å²) in [6.07, 6.45) is -4.44. The summed E-state index contributed by atoms with van der Waals surface area (Å²) in [5.41, 5.74) is 6.55. The Bertz CT molecular complexity index is 1350. The number of rotatable bonds is 11. The van der Waals surface area contributed by atoms with Gasteiger partial charge in [-0.3, -0.25) is 23.7 Å². The number of aliphatic hydroxyl groups is 1. The van der Waals surface area contributed by atoms with Crippen LogP contribution < -0.4 is 20.9 Å². The molecule has 1 saturated heterocycles. The van der Waals surface area contributed by atoms with Crippen molar-refractivity contribution in [2.24, 2.45) is 5.11 Å². The Morgan fingerprint density at radius 3 is 2.66 bits per heavy atom. The lowest BCUT2D eigenvalue weighted by Crippen LogP contribution is -2.38. The molecule has 2 aromatic rings. The molecule has 38 heavy (non-hydrogen) atoms. The largest absolute Gasteiger partial charge is 0.462 e. The highest BCUT2D eigenvalue weighted by Gasteiger charge is 2.46. The van der Waals surface area contributed by atoms with Crippen molar-refractivity contribution < 1.29 is 37.4 Å². The molecule has 0 aliphatic carbocycles. The topological polar surface area (TPSA) is 207 Å². The number of aliphatic hydroxyl groups excluding tert-OH is 1. The lowest BCUT2D eigenvalue weighted by Gasteiger charge is -2.25. The number of esters is 1. The summed E-state index contributed by atoms with van der Waals surface area (Å²) < 4.78 is 49.7. The van der Waals surface area contributed by atoms with Crippen LogP contribution in [0, 0.1) is 5.82 Å². The number of ether oxygens (including phenoxy) is 2. The molecule has 0 saturated carbocycles. The zero-order valence-corrected chi connectivity index (χ0v) is 21.4. The summed E-state index contributed by atoms with van der Waals surface area (Å²) in [4.78, 5) is 40.2. The fraction of sp³-hybridized carbons (Fsp3) is 0.476. The molecule has 1 aromatic carbocycles. The van der Waals surface area contributed by atoms with Crippen molar-refractivity contribution in [3.05, 3.63) is 73.6 Å². The van der Waals surface area contributed by atoms with Gasteiger partial charge in [0.05, 0.1) is 25.0 Å². The Morgan fingerprint density at radius 1 is 1.34 bits per heavy atom. The van der Waals surface area contributed by atoms with E-state index >= 15 is 0 Å². The number of halogens is 1. The average Bonchev–Trinajstić information content (AvgIpc) is 3.15. The summed E-state index contributed by atoms with van der Waals surface area (Å²) >= 11 is 0. The quantitative estimate of drug-likeness (QED) is 0.120. The number of aromatic nitrogens is 2. The van der Waals surface area contributed by atoms with Gasteiger partial charge in [-0.05, 0) is 38.4 Å². The number of para-hydroxylation sites is 1. The molecule has 1 aromatic heterocycles. The molecule has 0 spiro atoms. The van der Waals surface area contributed by atoms with E-state index in [2.05, 4.69) is 15.1 Å². The second kappa shape index (κ2) is 12.3. The van der Waals surface area contributed by atoms with Gasteiger partial charge in [0.25, 0.3) is 5.56 Å². The minimum absolute atomic E-state index is 0.126. The Morgan fingerprint density at radius 2 is 2.03 bits per heavy atom. The van der Waals surface area contributed by atoms with Gasteiger partial charge < -0.3 is 19.1 Å². The first-order valence-corrected chi connectivity index (χ1v) is 12.8. The summed E-state index contributed by atoms with van der Waals surface area (Å²) in [6, 6.07) is 5.27. The number of H-pyrrole nitrogens is 1. The number of carbonyl (C=O) groups is 1. The molecule has 0 amide bonds. The Labute approximate surface area is 214 Å². The summed E-state index contributed by atoms with van der Waals surface area (Å²) in [5.74, 6) is -1.93. The monoisotopic (exact) mass is 556 g/mol. The number of carbonyl (C=O) groups excluding carboxylic acids is 1. The number of aromatic amines is 1. The first-order chi connectivity index (χ1) is 17.9. The Balaban J connectivity index is 1.84. The summed E-state index contributed by atoms with van der Waals surface area (Å²) in [6.45, 7) is 3.99. The van der Waals surface area contributed by atoms with Crippen LogP contribution in [0.4, 0.5) is 4.39 Å². The van der Waals surface area contributed by atoms with Gasteiger partial charge in [-0.15, -0.1) is 0 Å². The Hall–Kier alpha value is -3.52. The van der Waals surface area contributed by atoms with E-state index in [1.54, 1.807) is 37.0 Å². The van der Waals surface area contributed by atoms with Crippen LogP contribution >= 0.6 is 7.75 Å². The van der Waals surface area contributed by atoms with Gasteiger partial charge in [-0.25, -0.2) is 9.36 Å². The van der Waals surface area contributed by atoms with Crippen molar-refractivity contribution in [2.45, 2.75) is 57.4 Å². The second-order valence-corrected chi connectivity index (χ2v) is 10.1. The van der Waals surface area contributed by atoms with Crippen molar-refractivity contribution in [3.8, 4) is 5.75 Å². The van der Waals surface area contributed by atoms with Crippen LogP contribution in [0.1, 0.15) is 27.0 Å². The van der Waals surface area contributed by atoms with Crippen molar-refractivity contribution in [1.29, 1.82) is 0 Å². The van der Waals surface area contributed by atoms with Gasteiger partial charge in [0, 0.05) is 4.91 Å². The van der Waals surface area contributed by atoms with Crippen molar-refractivity contribution in [3.63, 3.8) is 0 Å². The maximum atomic E-state index is 13.8. The molecule has 1 fully saturated rings. The van der Waals surface area contributed by atoms with E-state index in [-0.39, 0.29) is 5.75 Å². The third-order valence-electron chi connectivity index (χ3n) is 5.16.